The zero-order valence-corrected chi connectivity index (χ0v) is 12.0. The molecule has 21 heavy (non-hydrogen) atoms. The molecule has 0 bridgehead atoms. The van der Waals surface area contributed by atoms with Crippen LogP contribution in [0.4, 0.5) is 0 Å². The highest BCUT2D eigenvalue weighted by Crippen LogP contribution is 2.41. The van der Waals surface area contributed by atoms with E-state index in [0.29, 0.717) is 9.75 Å². The average Bonchev–Trinajstić information content (AvgIpc) is 2.95. The number of rotatable bonds is 4. The maximum Gasteiger partial charge on any atom is 0.160 e. The number of hydrogen-bond acceptors (Lipinski definition) is 3. The van der Waals surface area contributed by atoms with E-state index in [-0.39, 0.29) is 0 Å². The summed E-state index contributed by atoms with van der Waals surface area (Å²) in [6, 6.07) is 19.4. The van der Waals surface area contributed by atoms with E-state index in [0.717, 1.165) is 34.8 Å². The predicted molar refractivity (Wildman–Crippen MR) is 86.0 cm³/mol. The molecular weight excluding hydrogens is 280 g/mol. The van der Waals surface area contributed by atoms with Crippen LogP contribution in [0, 0.1) is 0 Å². The van der Waals surface area contributed by atoms with Crippen molar-refractivity contribution in [2.24, 2.45) is 0 Å². The monoisotopic (exact) mass is 292 g/mol. The SMILES string of the molecule is O=Cc1sc(C=O)c(-c2ccccc2)c1-c1ccccc1. The van der Waals surface area contributed by atoms with E-state index in [4.69, 9.17) is 0 Å². The Kier molecular flexibility index (Phi) is 3.75. The summed E-state index contributed by atoms with van der Waals surface area (Å²) in [4.78, 5) is 24.0. The predicted octanol–water partition coefficient (Wildman–Crippen LogP) is 4.71. The number of aldehydes is 2. The second-order valence-corrected chi connectivity index (χ2v) is 5.63. The van der Waals surface area contributed by atoms with Gasteiger partial charge < -0.3 is 0 Å². The van der Waals surface area contributed by atoms with Crippen molar-refractivity contribution in [3.63, 3.8) is 0 Å². The summed E-state index contributed by atoms with van der Waals surface area (Å²) < 4.78 is 0. The van der Waals surface area contributed by atoms with Gasteiger partial charge in [0, 0.05) is 11.1 Å². The Morgan fingerprint density at radius 2 is 1.00 bits per heavy atom. The van der Waals surface area contributed by atoms with Gasteiger partial charge in [-0.2, -0.15) is 0 Å². The van der Waals surface area contributed by atoms with Crippen molar-refractivity contribution in [3.8, 4) is 22.3 Å². The van der Waals surface area contributed by atoms with E-state index >= 15 is 0 Å². The van der Waals surface area contributed by atoms with Gasteiger partial charge in [0.25, 0.3) is 0 Å². The van der Waals surface area contributed by atoms with Gasteiger partial charge in [-0.25, -0.2) is 0 Å². The summed E-state index contributed by atoms with van der Waals surface area (Å²) in [6.45, 7) is 0. The number of benzene rings is 2. The zero-order chi connectivity index (χ0) is 14.7. The summed E-state index contributed by atoms with van der Waals surface area (Å²) in [5.41, 5.74) is 3.57. The largest absolute Gasteiger partial charge is 0.297 e. The van der Waals surface area contributed by atoms with Crippen LogP contribution in [0.1, 0.15) is 19.3 Å². The van der Waals surface area contributed by atoms with Crippen molar-refractivity contribution in [2.75, 3.05) is 0 Å². The van der Waals surface area contributed by atoms with Crippen molar-refractivity contribution >= 4 is 23.9 Å². The molecule has 0 aliphatic carbocycles. The summed E-state index contributed by atoms with van der Waals surface area (Å²) in [5.74, 6) is 0. The molecule has 0 spiro atoms. The van der Waals surface area contributed by atoms with Gasteiger partial charge >= 0.3 is 0 Å². The molecule has 0 saturated carbocycles. The fraction of sp³-hybridized carbons (Fsp3) is 0. The lowest BCUT2D eigenvalue weighted by Gasteiger charge is -2.07. The Morgan fingerprint density at radius 1 is 0.619 bits per heavy atom. The number of carbonyl (C=O) groups excluding carboxylic acids is 2. The molecule has 0 aliphatic heterocycles. The van der Waals surface area contributed by atoms with Crippen LogP contribution in [-0.2, 0) is 0 Å². The van der Waals surface area contributed by atoms with E-state index in [9.17, 15) is 9.59 Å². The highest BCUT2D eigenvalue weighted by atomic mass is 32.1. The quantitative estimate of drug-likeness (QED) is 0.653. The van der Waals surface area contributed by atoms with E-state index in [1.807, 2.05) is 60.7 Å². The van der Waals surface area contributed by atoms with Gasteiger partial charge in [0.1, 0.15) is 0 Å². The van der Waals surface area contributed by atoms with Crippen molar-refractivity contribution in [3.05, 3.63) is 70.4 Å². The molecule has 3 aromatic rings. The minimum atomic E-state index is 0.585. The van der Waals surface area contributed by atoms with Gasteiger partial charge in [-0.05, 0) is 11.1 Å². The van der Waals surface area contributed by atoms with E-state index in [1.54, 1.807) is 0 Å². The highest BCUT2D eigenvalue weighted by molar-refractivity contribution is 7.16. The maximum atomic E-state index is 11.4. The van der Waals surface area contributed by atoms with E-state index < -0.39 is 0 Å². The Morgan fingerprint density at radius 3 is 1.33 bits per heavy atom. The summed E-state index contributed by atoms with van der Waals surface area (Å²) >= 11 is 1.24. The molecule has 0 unspecified atom stereocenters. The molecular formula is C18H12O2S. The van der Waals surface area contributed by atoms with Gasteiger partial charge in [-0.15, -0.1) is 11.3 Å². The third-order valence-corrected chi connectivity index (χ3v) is 4.34. The van der Waals surface area contributed by atoms with Crippen molar-refractivity contribution in [1.29, 1.82) is 0 Å². The molecule has 3 rings (SSSR count). The lowest BCUT2D eigenvalue weighted by atomic mass is 9.95. The molecule has 2 nitrogen and oxygen atoms in total. The zero-order valence-electron chi connectivity index (χ0n) is 11.2. The minimum Gasteiger partial charge on any atom is -0.297 e. The summed E-state index contributed by atoms with van der Waals surface area (Å²) in [5, 5.41) is 0. The molecule has 2 aromatic carbocycles. The topological polar surface area (TPSA) is 34.1 Å². The summed E-state index contributed by atoms with van der Waals surface area (Å²) in [6.07, 6.45) is 1.65. The molecule has 0 N–H and O–H groups in total. The van der Waals surface area contributed by atoms with E-state index in [2.05, 4.69) is 0 Å². The van der Waals surface area contributed by atoms with Gasteiger partial charge in [-0.1, -0.05) is 60.7 Å². The molecule has 0 saturated heterocycles. The van der Waals surface area contributed by atoms with Crippen molar-refractivity contribution < 1.29 is 9.59 Å². The normalized spacial score (nSPS) is 10.3. The van der Waals surface area contributed by atoms with Crippen LogP contribution in [-0.4, -0.2) is 12.6 Å². The maximum absolute atomic E-state index is 11.4. The molecule has 0 amide bonds. The van der Waals surface area contributed by atoms with E-state index in [1.165, 1.54) is 11.3 Å². The van der Waals surface area contributed by atoms with Gasteiger partial charge in [0.2, 0.25) is 0 Å². The Labute approximate surface area is 126 Å². The molecule has 1 heterocycles. The first-order chi connectivity index (χ1) is 10.3. The first-order valence-electron chi connectivity index (χ1n) is 6.53. The summed E-state index contributed by atoms with van der Waals surface area (Å²) in [7, 11) is 0. The fourth-order valence-corrected chi connectivity index (χ4v) is 3.39. The van der Waals surface area contributed by atoms with Crippen LogP contribution in [0.5, 0.6) is 0 Å². The van der Waals surface area contributed by atoms with Gasteiger partial charge in [0.05, 0.1) is 9.75 Å². The van der Waals surface area contributed by atoms with Gasteiger partial charge in [0.15, 0.2) is 12.6 Å². The average molecular weight is 292 g/mol. The molecule has 0 aliphatic rings. The van der Waals surface area contributed by atoms with Crippen molar-refractivity contribution in [2.45, 2.75) is 0 Å². The number of carbonyl (C=O) groups is 2. The fourth-order valence-electron chi connectivity index (χ4n) is 2.42. The van der Waals surface area contributed by atoms with Gasteiger partial charge in [-0.3, -0.25) is 9.59 Å². The molecule has 102 valence electrons. The Hall–Kier alpha value is -2.52. The molecule has 0 radical (unpaired) electrons. The lowest BCUT2D eigenvalue weighted by molar-refractivity contribution is 0.112. The van der Waals surface area contributed by atoms with Crippen LogP contribution < -0.4 is 0 Å². The van der Waals surface area contributed by atoms with Crippen LogP contribution in [0.3, 0.4) is 0 Å². The molecule has 1 aromatic heterocycles. The number of thiophene rings is 1. The standard InChI is InChI=1S/C18H12O2S/c19-11-15-17(13-7-3-1-4-8-13)18(16(12-20)21-15)14-9-5-2-6-10-14/h1-12H. The lowest BCUT2D eigenvalue weighted by Crippen LogP contribution is -1.86. The number of hydrogen-bond donors (Lipinski definition) is 0. The molecule has 3 heteroatoms. The Bertz CT molecular complexity index is 708. The molecule has 0 atom stereocenters. The highest BCUT2D eigenvalue weighted by Gasteiger charge is 2.19. The van der Waals surface area contributed by atoms with Crippen LogP contribution >= 0.6 is 11.3 Å². The third kappa shape index (κ3) is 2.43. The molecule has 0 fully saturated rings. The first kappa shape index (κ1) is 13.5. The first-order valence-corrected chi connectivity index (χ1v) is 7.34. The second-order valence-electron chi connectivity index (χ2n) is 4.55. The van der Waals surface area contributed by atoms with Crippen LogP contribution in [0.25, 0.3) is 22.3 Å². The minimum absolute atomic E-state index is 0.585. The Balaban J connectivity index is 2.34. The van der Waals surface area contributed by atoms with Crippen LogP contribution in [0.2, 0.25) is 0 Å². The second kappa shape index (κ2) is 5.85. The third-order valence-electron chi connectivity index (χ3n) is 3.30. The van der Waals surface area contributed by atoms with Crippen molar-refractivity contribution in [1.82, 2.24) is 0 Å². The van der Waals surface area contributed by atoms with Crippen LogP contribution in [0.15, 0.2) is 60.7 Å². The smallest absolute Gasteiger partial charge is 0.160 e.